The number of likely N-dealkylation sites (tertiary alicyclic amines) is 1. The molecule has 3 aromatic rings. The van der Waals surface area contributed by atoms with Crippen molar-refractivity contribution in [2.75, 3.05) is 13.1 Å². The maximum Gasteiger partial charge on any atom is 0.294 e. The number of carbonyl (C=O) groups is 1. The molecule has 0 aliphatic carbocycles. The van der Waals surface area contributed by atoms with Gasteiger partial charge in [-0.1, -0.05) is 23.7 Å². The number of carbonyl (C=O) groups excluding carboxylic acids is 1. The van der Waals surface area contributed by atoms with Crippen LogP contribution in [0.5, 0.6) is 0 Å². The first-order valence-electron chi connectivity index (χ1n) is 9.37. The first-order chi connectivity index (χ1) is 14.3. The van der Waals surface area contributed by atoms with Gasteiger partial charge in [0.1, 0.15) is 5.69 Å². The average Bonchev–Trinajstić information content (AvgIpc) is 3.37. The molecule has 0 radical (unpaired) electrons. The predicted octanol–water partition coefficient (Wildman–Crippen LogP) is 3.25. The minimum absolute atomic E-state index is 0.148. The van der Waals surface area contributed by atoms with Crippen molar-refractivity contribution in [2.24, 2.45) is 0 Å². The fourth-order valence-corrected chi connectivity index (χ4v) is 4.02. The van der Waals surface area contributed by atoms with Crippen LogP contribution in [0.25, 0.3) is 5.69 Å². The molecular weight excluding hydrogens is 408 g/mol. The largest absolute Gasteiger partial charge is 0.388 e. The Bertz CT molecular complexity index is 1100. The van der Waals surface area contributed by atoms with E-state index in [0.717, 1.165) is 5.56 Å². The smallest absolute Gasteiger partial charge is 0.294 e. The predicted molar refractivity (Wildman–Crippen MR) is 111 cm³/mol. The molecule has 1 aromatic heterocycles. The maximum atomic E-state index is 13.0. The third kappa shape index (κ3) is 4.05. The number of β-amino-alcohol motifs (C(OH)–C–C–N with tert-alkyl or cyclic N) is 1. The van der Waals surface area contributed by atoms with Gasteiger partial charge in [0.25, 0.3) is 11.6 Å². The van der Waals surface area contributed by atoms with Gasteiger partial charge in [-0.25, -0.2) is 4.98 Å². The van der Waals surface area contributed by atoms with Crippen LogP contribution in [-0.4, -0.2) is 49.1 Å². The van der Waals surface area contributed by atoms with Crippen LogP contribution < -0.4 is 0 Å². The molecule has 8 nitrogen and oxygen atoms in total. The van der Waals surface area contributed by atoms with Crippen molar-refractivity contribution < 1.29 is 14.8 Å². The quantitative estimate of drug-likeness (QED) is 0.498. The van der Waals surface area contributed by atoms with E-state index in [4.69, 9.17) is 11.6 Å². The molecule has 1 aliphatic rings. The summed E-state index contributed by atoms with van der Waals surface area (Å²) in [5.41, 5.74) is 0.167. The Morgan fingerprint density at radius 3 is 2.83 bits per heavy atom. The van der Waals surface area contributed by atoms with Crippen LogP contribution in [0.1, 0.15) is 22.3 Å². The molecule has 154 valence electrons. The van der Waals surface area contributed by atoms with Gasteiger partial charge < -0.3 is 14.6 Å². The van der Waals surface area contributed by atoms with Crippen LogP contribution in [0.15, 0.2) is 61.2 Å². The van der Waals surface area contributed by atoms with Crippen LogP contribution in [0.3, 0.4) is 0 Å². The molecule has 1 aliphatic heterocycles. The van der Waals surface area contributed by atoms with E-state index >= 15 is 0 Å². The van der Waals surface area contributed by atoms with E-state index < -0.39 is 10.5 Å². The number of imidazole rings is 1. The molecule has 2 heterocycles. The lowest BCUT2D eigenvalue weighted by Gasteiger charge is -2.23. The SMILES string of the molecule is O=C(c1ccc(-n2ccnc2)c([N+](=O)[O-])c1)N1CCC(O)(Cc2cccc(Cl)c2)C1. The Morgan fingerprint density at radius 2 is 2.13 bits per heavy atom. The van der Waals surface area contributed by atoms with E-state index in [2.05, 4.69) is 4.98 Å². The lowest BCUT2D eigenvalue weighted by atomic mass is 9.94. The van der Waals surface area contributed by atoms with Crippen LogP contribution in [-0.2, 0) is 6.42 Å². The van der Waals surface area contributed by atoms with Crippen molar-refractivity contribution in [1.82, 2.24) is 14.5 Å². The third-order valence-corrected chi connectivity index (χ3v) is 5.48. The molecular formula is C21H19ClN4O4. The van der Waals surface area contributed by atoms with Crippen molar-refractivity contribution in [3.63, 3.8) is 0 Å². The molecule has 2 aromatic carbocycles. The Balaban J connectivity index is 1.53. The number of aliphatic hydroxyl groups is 1. The number of benzene rings is 2. The van der Waals surface area contributed by atoms with E-state index in [1.165, 1.54) is 34.1 Å². The summed E-state index contributed by atoms with van der Waals surface area (Å²) >= 11 is 6.02. The van der Waals surface area contributed by atoms with Crippen LogP contribution in [0.2, 0.25) is 5.02 Å². The zero-order chi connectivity index (χ0) is 21.3. The number of hydrogen-bond acceptors (Lipinski definition) is 5. The highest BCUT2D eigenvalue weighted by atomic mass is 35.5. The second-order valence-corrected chi connectivity index (χ2v) is 7.87. The monoisotopic (exact) mass is 426 g/mol. The molecule has 1 unspecified atom stereocenters. The molecule has 1 fully saturated rings. The van der Waals surface area contributed by atoms with Gasteiger partial charge in [-0.3, -0.25) is 14.9 Å². The first kappa shape index (κ1) is 20.1. The molecule has 1 saturated heterocycles. The van der Waals surface area contributed by atoms with Crippen LogP contribution in [0.4, 0.5) is 5.69 Å². The maximum absolute atomic E-state index is 13.0. The molecule has 1 N–H and O–H groups in total. The van der Waals surface area contributed by atoms with Crippen molar-refractivity contribution >= 4 is 23.2 Å². The number of nitro groups is 1. The highest BCUT2D eigenvalue weighted by Gasteiger charge is 2.38. The average molecular weight is 427 g/mol. The summed E-state index contributed by atoms with van der Waals surface area (Å²) in [5.74, 6) is -0.350. The van der Waals surface area contributed by atoms with Crippen molar-refractivity contribution in [2.45, 2.75) is 18.4 Å². The standard InChI is InChI=1S/C21H19ClN4O4/c22-17-3-1-2-15(10-17)12-21(28)6-8-24(13-21)20(27)16-4-5-18(19(11-16)26(29)30)25-9-7-23-14-25/h1-5,7,9-11,14,28H,6,8,12-13H2. The zero-order valence-electron chi connectivity index (χ0n) is 15.9. The van der Waals surface area contributed by atoms with Crippen molar-refractivity contribution in [3.05, 3.63) is 87.4 Å². The highest BCUT2D eigenvalue weighted by molar-refractivity contribution is 6.30. The van der Waals surface area contributed by atoms with Gasteiger partial charge in [0.15, 0.2) is 0 Å². The number of rotatable bonds is 5. The summed E-state index contributed by atoms with van der Waals surface area (Å²) in [4.78, 5) is 29.4. The number of nitro benzene ring substituents is 1. The molecule has 0 saturated carbocycles. The van der Waals surface area contributed by atoms with Crippen LogP contribution in [0, 0.1) is 10.1 Å². The fraction of sp³-hybridized carbons (Fsp3) is 0.238. The van der Waals surface area contributed by atoms with Gasteiger partial charge in [0.2, 0.25) is 0 Å². The minimum Gasteiger partial charge on any atom is -0.388 e. The number of halogens is 1. The molecule has 0 spiro atoms. The van der Waals surface area contributed by atoms with Gasteiger partial charge in [0, 0.05) is 42.0 Å². The van der Waals surface area contributed by atoms with Gasteiger partial charge in [-0.05, 0) is 36.2 Å². The Morgan fingerprint density at radius 1 is 1.30 bits per heavy atom. The summed E-state index contributed by atoms with van der Waals surface area (Å²) in [6, 6.07) is 11.6. The Labute approximate surface area is 177 Å². The van der Waals surface area contributed by atoms with Crippen molar-refractivity contribution in [1.29, 1.82) is 0 Å². The summed E-state index contributed by atoms with van der Waals surface area (Å²) in [6.45, 7) is 0.516. The summed E-state index contributed by atoms with van der Waals surface area (Å²) < 4.78 is 1.52. The molecule has 9 heteroatoms. The van der Waals surface area contributed by atoms with Gasteiger partial charge >= 0.3 is 0 Å². The first-order valence-corrected chi connectivity index (χ1v) is 9.75. The van der Waals surface area contributed by atoms with E-state index in [0.29, 0.717) is 30.1 Å². The molecule has 0 bridgehead atoms. The minimum atomic E-state index is -1.07. The second kappa shape index (κ2) is 7.89. The van der Waals surface area contributed by atoms with Crippen molar-refractivity contribution in [3.8, 4) is 5.69 Å². The van der Waals surface area contributed by atoms with E-state index in [1.807, 2.05) is 12.1 Å². The van der Waals surface area contributed by atoms with Gasteiger partial charge in [-0.15, -0.1) is 0 Å². The molecule has 1 atom stereocenters. The topological polar surface area (TPSA) is 102 Å². The summed E-state index contributed by atoms with van der Waals surface area (Å²) in [7, 11) is 0. The number of amides is 1. The Hall–Kier alpha value is -3.23. The normalized spacial score (nSPS) is 18.5. The second-order valence-electron chi connectivity index (χ2n) is 7.44. The van der Waals surface area contributed by atoms with E-state index in [-0.39, 0.29) is 23.7 Å². The van der Waals surface area contributed by atoms with Crippen LogP contribution >= 0.6 is 11.6 Å². The zero-order valence-corrected chi connectivity index (χ0v) is 16.7. The van der Waals surface area contributed by atoms with E-state index in [1.54, 1.807) is 24.4 Å². The fourth-order valence-electron chi connectivity index (χ4n) is 3.81. The lowest BCUT2D eigenvalue weighted by molar-refractivity contribution is -0.384. The summed E-state index contributed by atoms with van der Waals surface area (Å²) in [5, 5.41) is 23.1. The summed E-state index contributed by atoms with van der Waals surface area (Å²) in [6.07, 6.45) is 5.37. The lowest BCUT2D eigenvalue weighted by Crippen LogP contribution is -2.37. The van der Waals surface area contributed by atoms with Gasteiger partial charge in [-0.2, -0.15) is 0 Å². The third-order valence-electron chi connectivity index (χ3n) is 5.24. The van der Waals surface area contributed by atoms with E-state index in [9.17, 15) is 20.0 Å². The number of aromatic nitrogens is 2. The number of nitrogens with zero attached hydrogens (tertiary/aromatic N) is 4. The molecule has 4 rings (SSSR count). The number of hydrogen-bond donors (Lipinski definition) is 1. The van der Waals surface area contributed by atoms with Gasteiger partial charge in [0.05, 0.1) is 23.4 Å². The molecule has 1 amide bonds. The highest BCUT2D eigenvalue weighted by Crippen LogP contribution is 2.29. The Kier molecular flexibility index (Phi) is 5.27. The molecule has 30 heavy (non-hydrogen) atoms.